The molecule has 1 aliphatic rings. The molecule has 1 aromatic heterocycles. The summed E-state index contributed by atoms with van der Waals surface area (Å²) in [6, 6.07) is 7.93. The summed E-state index contributed by atoms with van der Waals surface area (Å²) in [6.07, 6.45) is 4.76. The first-order chi connectivity index (χ1) is 12.1. The molecular weight excluding hydrogens is 361 g/mol. The number of halogens is 2. The minimum absolute atomic E-state index is 0.166. The van der Waals surface area contributed by atoms with E-state index in [1.807, 2.05) is 12.1 Å². The van der Waals surface area contributed by atoms with Crippen LogP contribution in [0.1, 0.15) is 28.8 Å². The van der Waals surface area contributed by atoms with E-state index in [1.165, 1.54) is 6.07 Å². The van der Waals surface area contributed by atoms with Crippen LogP contribution in [0.15, 0.2) is 42.7 Å². The summed E-state index contributed by atoms with van der Waals surface area (Å²) in [4.78, 5) is 30.9. The lowest BCUT2D eigenvalue weighted by Gasteiger charge is -2.24. The third kappa shape index (κ3) is 4.11. The predicted molar refractivity (Wildman–Crippen MR) is 96.6 cm³/mol. The Kier molecular flexibility index (Phi) is 5.56. The number of aromatic nitrogens is 1. The molecule has 0 aliphatic carbocycles. The Morgan fingerprint density at radius 3 is 2.72 bits per heavy atom. The average molecular weight is 378 g/mol. The van der Waals surface area contributed by atoms with Crippen molar-refractivity contribution >= 4 is 35.0 Å². The molecule has 3 rings (SSSR count). The maximum absolute atomic E-state index is 12.8. The second kappa shape index (κ2) is 7.85. The molecule has 0 spiro atoms. The van der Waals surface area contributed by atoms with Crippen molar-refractivity contribution < 1.29 is 9.59 Å². The molecule has 130 valence electrons. The van der Waals surface area contributed by atoms with Crippen LogP contribution < -0.4 is 5.32 Å². The number of nitrogens with zero attached hydrogens (tertiary/aromatic N) is 2. The highest BCUT2D eigenvalue weighted by Gasteiger charge is 2.35. The van der Waals surface area contributed by atoms with Crippen molar-refractivity contribution in [2.45, 2.75) is 25.4 Å². The van der Waals surface area contributed by atoms with E-state index in [4.69, 9.17) is 23.2 Å². The fourth-order valence-corrected chi connectivity index (χ4v) is 3.28. The molecule has 0 saturated carbocycles. The van der Waals surface area contributed by atoms with Gasteiger partial charge in [-0.2, -0.15) is 0 Å². The van der Waals surface area contributed by atoms with Gasteiger partial charge in [-0.1, -0.05) is 23.2 Å². The van der Waals surface area contributed by atoms with E-state index in [0.29, 0.717) is 35.1 Å². The maximum Gasteiger partial charge on any atom is 0.256 e. The normalized spacial score (nSPS) is 16.7. The minimum atomic E-state index is -0.496. The molecule has 0 radical (unpaired) electrons. The fraction of sp³-hybridized carbons (Fsp3) is 0.278. The van der Waals surface area contributed by atoms with Gasteiger partial charge in [-0.25, -0.2) is 0 Å². The first-order valence-electron chi connectivity index (χ1n) is 7.99. The summed E-state index contributed by atoms with van der Waals surface area (Å²) in [6.45, 7) is 0.923. The van der Waals surface area contributed by atoms with Crippen molar-refractivity contribution in [3.63, 3.8) is 0 Å². The fourth-order valence-electron chi connectivity index (χ4n) is 2.91. The van der Waals surface area contributed by atoms with Crippen LogP contribution in [0.4, 0.5) is 0 Å². The largest absolute Gasteiger partial charge is 0.350 e. The van der Waals surface area contributed by atoms with Gasteiger partial charge in [0, 0.05) is 30.5 Å². The molecule has 0 bridgehead atoms. The lowest BCUT2D eigenvalue weighted by molar-refractivity contribution is -0.125. The van der Waals surface area contributed by atoms with Gasteiger partial charge in [0.1, 0.15) is 6.04 Å². The molecule has 7 heteroatoms. The van der Waals surface area contributed by atoms with Crippen LogP contribution in [0.25, 0.3) is 0 Å². The molecule has 1 aromatic carbocycles. The molecule has 0 unspecified atom stereocenters. The Morgan fingerprint density at radius 2 is 1.96 bits per heavy atom. The number of nitrogens with one attached hydrogen (secondary N) is 1. The van der Waals surface area contributed by atoms with Crippen molar-refractivity contribution in [2.24, 2.45) is 0 Å². The molecule has 2 amide bonds. The third-order valence-corrected chi connectivity index (χ3v) is 4.76. The predicted octanol–water partition coefficient (Wildman–Crippen LogP) is 3.31. The monoisotopic (exact) mass is 377 g/mol. The molecule has 2 aromatic rings. The number of rotatable bonds is 4. The van der Waals surface area contributed by atoms with Crippen molar-refractivity contribution in [2.75, 3.05) is 6.54 Å². The smallest absolute Gasteiger partial charge is 0.256 e. The summed E-state index contributed by atoms with van der Waals surface area (Å²) >= 11 is 12.1. The van der Waals surface area contributed by atoms with Crippen LogP contribution in [0, 0.1) is 0 Å². The van der Waals surface area contributed by atoms with E-state index in [2.05, 4.69) is 10.3 Å². The van der Waals surface area contributed by atoms with Gasteiger partial charge in [-0.15, -0.1) is 0 Å². The Hall–Kier alpha value is -2.11. The molecule has 2 heterocycles. The minimum Gasteiger partial charge on any atom is -0.350 e. The number of pyridine rings is 1. The summed E-state index contributed by atoms with van der Waals surface area (Å²) in [5, 5.41) is 3.65. The second-order valence-electron chi connectivity index (χ2n) is 5.85. The standard InChI is InChI=1S/C18H17Cl2N3O2/c19-13-3-4-15(20)14(10-13)18(25)23-9-1-2-16(23)17(24)22-11-12-5-7-21-8-6-12/h3-8,10,16H,1-2,9,11H2,(H,22,24)/t16-/m0/s1. The summed E-state index contributed by atoms with van der Waals surface area (Å²) in [7, 11) is 0. The number of hydrogen-bond acceptors (Lipinski definition) is 3. The van der Waals surface area contributed by atoms with Gasteiger partial charge >= 0.3 is 0 Å². The molecule has 25 heavy (non-hydrogen) atoms. The summed E-state index contributed by atoms with van der Waals surface area (Å²) in [5.74, 6) is -0.435. The molecular formula is C18H17Cl2N3O2. The number of hydrogen-bond donors (Lipinski definition) is 1. The Labute approximate surface area is 155 Å². The van der Waals surface area contributed by atoms with Gasteiger partial charge in [0.15, 0.2) is 0 Å². The highest BCUT2D eigenvalue weighted by atomic mass is 35.5. The van der Waals surface area contributed by atoms with Crippen LogP contribution in [-0.2, 0) is 11.3 Å². The van der Waals surface area contributed by atoms with E-state index in [9.17, 15) is 9.59 Å². The number of benzene rings is 1. The Morgan fingerprint density at radius 1 is 1.20 bits per heavy atom. The van der Waals surface area contributed by atoms with Crippen molar-refractivity contribution in [1.82, 2.24) is 15.2 Å². The van der Waals surface area contributed by atoms with Crippen LogP contribution >= 0.6 is 23.2 Å². The summed E-state index contributed by atoms with van der Waals surface area (Å²) in [5.41, 5.74) is 1.28. The number of likely N-dealkylation sites (tertiary alicyclic amines) is 1. The van der Waals surface area contributed by atoms with Crippen LogP contribution in [0.3, 0.4) is 0 Å². The number of amides is 2. The molecule has 1 saturated heterocycles. The van der Waals surface area contributed by atoms with E-state index in [-0.39, 0.29) is 11.8 Å². The number of carbonyl (C=O) groups excluding carboxylic acids is 2. The van der Waals surface area contributed by atoms with E-state index < -0.39 is 6.04 Å². The topological polar surface area (TPSA) is 62.3 Å². The highest BCUT2D eigenvalue weighted by Crippen LogP contribution is 2.26. The zero-order valence-electron chi connectivity index (χ0n) is 13.4. The molecule has 1 atom stereocenters. The SMILES string of the molecule is O=C(NCc1ccncc1)[C@@H]1CCCN1C(=O)c1cc(Cl)ccc1Cl. The average Bonchev–Trinajstić information content (AvgIpc) is 3.12. The van der Waals surface area contributed by atoms with Gasteiger partial charge < -0.3 is 10.2 Å². The van der Waals surface area contributed by atoms with E-state index in [1.54, 1.807) is 29.4 Å². The van der Waals surface area contributed by atoms with Crippen molar-refractivity contribution in [1.29, 1.82) is 0 Å². The van der Waals surface area contributed by atoms with E-state index in [0.717, 1.165) is 12.0 Å². The maximum atomic E-state index is 12.8. The van der Waals surface area contributed by atoms with Gasteiger partial charge in [-0.05, 0) is 48.7 Å². The highest BCUT2D eigenvalue weighted by molar-refractivity contribution is 6.35. The van der Waals surface area contributed by atoms with Crippen LogP contribution in [0.2, 0.25) is 10.0 Å². The lowest BCUT2D eigenvalue weighted by atomic mass is 10.1. The summed E-state index contributed by atoms with van der Waals surface area (Å²) < 4.78 is 0. The van der Waals surface area contributed by atoms with Gasteiger partial charge in [-0.3, -0.25) is 14.6 Å². The first-order valence-corrected chi connectivity index (χ1v) is 8.74. The number of carbonyl (C=O) groups is 2. The Balaban J connectivity index is 1.70. The zero-order chi connectivity index (χ0) is 17.8. The van der Waals surface area contributed by atoms with Gasteiger partial charge in [0.2, 0.25) is 5.91 Å². The molecule has 1 aliphatic heterocycles. The van der Waals surface area contributed by atoms with Crippen LogP contribution in [0.5, 0.6) is 0 Å². The quantitative estimate of drug-likeness (QED) is 0.888. The Bertz CT molecular complexity index is 783. The van der Waals surface area contributed by atoms with Crippen molar-refractivity contribution in [3.8, 4) is 0 Å². The van der Waals surface area contributed by atoms with E-state index >= 15 is 0 Å². The lowest BCUT2D eigenvalue weighted by Crippen LogP contribution is -2.45. The van der Waals surface area contributed by atoms with Gasteiger partial charge in [0.25, 0.3) is 5.91 Å². The van der Waals surface area contributed by atoms with Crippen LogP contribution in [-0.4, -0.2) is 34.3 Å². The molecule has 5 nitrogen and oxygen atoms in total. The third-order valence-electron chi connectivity index (χ3n) is 4.19. The zero-order valence-corrected chi connectivity index (χ0v) is 14.9. The first kappa shape index (κ1) is 17.7. The molecule has 1 N–H and O–H groups in total. The van der Waals surface area contributed by atoms with Crippen molar-refractivity contribution in [3.05, 3.63) is 63.9 Å². The second-order valence-corrected chi connectivity index (χ2v) is 6.70. The molecule has 1 fully saturated rings. The van der Waals surface area contributed by atoms with Gasteiger partial charge in [0.05, 0.1) is 10.6 Å².